The third-order valence-corrected chi connectivity index (χ3v) is 2.76. The summed E-state index contributed by atoms with van der Waals surface area (Å²) in [7, 11) is 2.37. The van der Waals surface area contributed by atoms with Gasteiger partial charge >= 0.3 is 0 Å². The fourth-order valence-electron chi connectivity index (χ4n) is 1.16. The zero-order valence-corrected chi connectivity index (χ0v) is 11.3. The quantitative estimate of drug-likeness (QED) is 0.440. The van der Waals surface area contributed by atoms with Crippen LogP contribution in [0.2, 0.25) is 0 Å². The molecular weight excluding hydrogens is 196 g/mol. The molecule has 0 aromatic rings. The number of Topliss-reactive ketones (excluding diaryl/α,β-unsaturated/α-hetero) is 1. The van der Waals surface area contributed by atoms with Gasteiger partial charge in [0.1, 0.15) is 10.5 Å². The van der Waals surface area contributed by atoms with Gasteiger partial charge in [0.05, 0.1) is 12.7 Å². The Morgan fingerprint density at radius 2 is 2.21 bits per heavy atom. The van der Waals surface area contributed by atoms with E-state index in [2.05, 4.69) is 6.58 Å². The van der Waals surface area contributed by atoms with Gasteiger partial charge in [-0.25, -0.2) is 0 Å². The lowest BCUT2D eigenvalue weighted by Crippen LogP contribution is -2.18. The summed E-state index contributed by atoms with van der Waals surface area (Å²) in [6, 6.07) is 0. The number of ether oxygens (including phenoxy) is 1. The Labute approximate surface area is 89.0 Å². The Hall–Kier alpha value is -0.453. The zero-order chi connectivity index (χ0) is 11.0. The molecule has 1 atom stereocenters. The number of ketones is 1. The second-order valence-corrected chi connectivity index (χ2v) is 3.88. The van der Waals surface area contributed by atoms with Crippen LogP contribution in [0.3, 0.4) is 0 Å². The van der Waals surface area contributed by atoms with Crippen molar-refractivity contribution in [2.24, 2.45) is 0 Å². The van der Waals surface area contributed by atoms with Gasteiger partial charge in [0.25, 0.3) is 0 Å². The highest BCUT2D eigenvalue weighted by Gasteiger charge is 2.08. The Morgan fingerprint density at radius 1 is 1.57 bits per heavy atom. The molecule has 0 aromatic carbocycles. The van der Waals surface area contributed by atoms with Gasteiger partial charge in [0, 0.05) is 13.5 Å². The maximum Gasteiger partial charge on any atom is 0.157 e. The van der Waals surface area contributed by atoms with Gasteiger partial charge in [-0.1, -0.05) is 6.58 Å². The van der Waals surface area contributed by atoms with Crippen molar-refractivity contribution in [3.63, 3.8) is 0 Å². The Balaban J connectivity index is 3.60. The van der Waals surface area contributed by atoms with E-state index in [1.54, 1.807) is 14.0 Å². The van der Waals surface area contributed by atoms with Crippen molar-refractivity contribution in [2.75, 3.05) is 13.7 Å². The molecule has 0 heterocycles. The van der Waals surface area contributed by atoms with Gasteiger partial charge in [-0.2, -0.15) is 0 Å². The van der Waals surface area contributed by atoms with Gasteiger partial charge in [-0.05, 0) is 25.3 Å². The summed E-state index contributed by atoms with van der Waals surface area (Å²) in [5.41, 5.74) is 0.639. The molecule has 82 valence electrons. The van der Waals surface area contributed by atoms with Crippen molar-refractivity contribution >= 4 is 16.3 Å². The van der Waals surface area contributed by atoms with Crippen LogP contribution in [0.5, 0.6) is 0 Å². The highest BCUT2D eigenvalue weighted by atomic mass is 28.2. The second-order valence-electron chi connectivity index (χ2n) is 3.41. The topological polar surface area (TPSA) is 35.5 Å². The van der Waals surface area contributed by atoms with E-state index in [-0.39, 0.29) is 11.9 Å². The number of rotatable bonds is 8. The monoisotopic (exact) mass is 216 g/mol. The summed E-state index contributed by atoms with van der Waals surface area (Å²) in [5.74, 6) is 0.148. The number of hydrogen-bond acceptors (Lipinski definition) is 3. The SMILES string of the molecule is C=C(C)C(=O)CCCC(COC)O[SiH3]. The minimum Gasteiger partial charge on any atom is -0.423 e. The van der Waals surface area contributed by atoms with E-state index in [1.807, 2.05) is 0 Å². The average Bonchev–Trinajstić information content (AvgIpc) is 2.16. The molecule has 1 unspecified atom stereocenters. The van der Waals surface area contributed by atoms with Gasteiger partial charge < -0.3 is 9.16 Å². The number of methoxy groups -OCH3 is 1. The molecule has 0 aliphatic heterocycles. The second kappa shape index (κ2) is 7.91. The Bertz CT molecular complexity index is 192. The van der Waals surface area contributed by atoms with Crippen LogP contribution < -0.4 is 0 Å². The van der Waals surface area contributed by atoms with Crippen molar-refractivity contribution < 1.29 is 14.0 Å². The first-order valence-corrected chi connectivity index (χ1v) is 5.64. The lowest BCUT2D eigenvalue weighted by atomic mass is 10.1. The van der Waals surface area contributed by atoms with Crippen LogP contribution in [0.15, 0.2) is 12.2 Å². The molecule has 14 heavy (non-hydrogen) atoms. The fourth-order valence-corrected chi connectivity index (χ4v) is 1.53. The zero-order valence-electron chi connectivity index (χ0n) is 9.34. The number of hydrogen-bond donors (Lipinski definition) is 0. The van der Waals surface area contributed by atoms with E-state index in [0.29, 0.717) is 29.1 Å². The van der Waals surface area contributed by atoms with Crippen molar-refractivity contribution in [2.45, 2.75) is 32.3 Å². The van der Waals surface area contributed by atoms with E-state index in [9.17, 15) is 4.79 Å². The molecule has 0 rings (SSSR count). The highest BCUT2D eigenvalue weighted by Crippen LogP contribution is 2.07. The molecule has 0 radical (unpaired) electrons. The molecule has 0 saturated carbocycles. The summed E-state index contributed by atoms with van der Waals surface area (Å²) in [4.78, 5) is 11.2. The van der Waals surface area contributed by atoms with E-state index < -0.39 is 0 Å². The van der Waals surface area contributed by atoms with E-state index in [4.69, 9.17) is 9.16 Å². The molecular formula is C10H20O3Si. The molecule has 0 aromatic heterocycles. The normalized spacial score (nSPS) is 12.7. The van der Waals surface area contributed by atoms with Crippen molar-refractivity contribution in [1.29, 1.82) is 0 Å². The molecule has 0 amide bonds. The predicted octanol–water partition coefficient (Wildman–Crippen LogP) is 0.614. The lowest BCUT2D eigenvalue weighted by molar-refractivity contribution is -0.115. The lowest BCUT2D eigenvalue weighted by Gasteiger charge is -2.14. The summed E-state index contributed by atoms with van der Waals surface area (Å²) in [5, 5.41) is 0. The molecule has 0 spiro atoms. The van der Waals surface area contributed by atoms with Crippen molar-refractivity contribution in [3.8, 4) is 0 Å². The van der Waals surface area contributed by atoms with E-state index in [0.717, 1.165) is 12.8 Å². The largest absolute Gasteiger partial charge is 0.423 e. The third kappa shape index (κ3) is 6.07. The van der Waals surface area contributed by atoms with Crippen LogP contribution in [0.25, 0.3) is 0 Å². The van der Waals surface area contributed by atoms with E-state index >= 15 is 0 Å². The molecule has 0 saturated heterocycles. The van der Waals surface area contributed by atoms with Gasteiger partial charge in [0.15, 0.2) is 5.78 Å². The smallest absolute Gasteiger partial charge is 0.157 e. The summed E-state index contributed by atoms with van der Waals surface area (Å²) in [6.07, 6.45) is 2.46. The predicted molar refractivity (Wildman–Crippen MR) is 60.4 cm³/mol. The van der Waals surface area contributed by atoms with Crippen LogP contribution >= 0.6 is 0 Å². The minimum atomic E-state index is 0.148. The van der Waals surface area contributed by atoms with Crippen molar-refractivity contribution in [1.82, 2.24) is 0 Å². The molecule has 0 aliphatic rings. The standard InChI is InChI=1S/C10H20O3Si/c1-8(2)10(11)6-4-5-9(13-14)7-12-3/h9H,1,4-7H2,2-3,14H3. The molecule has 0 N–H and O–H groups in total. The number of allylic oxidation sites excluding steroid dienone is 1. The van der Waals surface area contributed by atoms with Crippen LogP contribution in [0.4, 0.5) is 0 Å². The Kier molecular flexibility index (Phi) is 7.65. The first-order chi connectivity index (χ1) is 6.61. The molecule has 0 aliphatic carbocycles. The first kappa shape index (κ1) is 13.5. The van der Waals surface area contributed by atoms with Gasteiger partial charge in [-0.3, -0.25) is 4.79 Å². The van der Waals surface area contributed by atoms with Crippen molar-refractivity contribution in [3.05, 3.63) is 12.2 Å². The van der Waals surface area contributed by atoms with Crippen LogP contribution in [-0.2, 0) is 14.0 Å². The van der Waals surface area contributed by atoms with Gasteiger partial charge in [-0.15, -0.1) is 0 Å². The number of carbonyl (C=O) groups excluding carboxylic acids is 1. The fraction of sp³-hybridized carbons (Fsp3) is 0.700. The first-order valence-electron chi connectivity index (χ1n) is 4.82. The summed E-state index contributed by atoms with van der Waals surface area (Å²) >= 11 is 0. The molecule has 0 fully saturated rings. The molecule has 3 nitrogen and oxygen atoms in total. The van der Waals surface area contributed by atoms with E-state index in [1.165, 1.54) is 0 Å². The van der Waals surface area contributed by atoms with Crippen LogP contribution in [0, 0.1) is 0 Å². The average molecular weight is 216 g/mol. The molecule has 4 heteroatoms. The summed E-state index contributed by atoms with van der Waals surface area (Å²) in [6.45, 7) is 5.97. The molecule has 0 bridgehead atoms. The maximum absolute atomic E-state index is 11.2. The Morgan fingerprint density at radius 3 is 2.64 bits per heavy atom. The summed E-state index contributed by atoms with van der Waals surface area (Å²) < 4.78 is 10.3. The maximum atomic E-state index is 11.2. The minimum absolute atomic E-state index is 0.148. The van der Waals surface area contributed by atoms with Gasteiger partial charge in [0.2, 0.25) is 0 Å². The van der Waals surface area contributed by atoms with Crippen LogP contribution in [-0.4, -0.2) is 36.1 Å². The third-order valence-electron chi connectivity index (χ3n) is 2.09. The number of carbonyl (C=O) groups is 1. The highest BCUT2D eigenvalue weighted by molar-refractivity contribution is 5.98. The van der Waals surface area contributed by atoms with Crippen LogP contribution in [0.1, 0.15) is 26.2 Å².